The number of fused-ring (bicyclic) bond motifs is 1. The quantitative estimate of drug-likeness (QED) is 0.488. The molecule has 0 fully saturated rings. The number of carbonyl (C=O) groups excluding carboxylic acids is 2. The molecule has 0 saturated heterocycles. The summed E-state index contributed by atoms with van der Waals surface area (Å²) in [5, 5.41) is 19.8. The molecule has 24 heavy (non-hydrogen) atoms. The minimum Gasteiger partial charge on any atom is -0.478 e. The lowest BCUT2D eigenvalue weighted by Crippen LogP contribution is -2.29. The monoisotopic (exact) mass is 390 g/mol. The largest absolute Gasteiger partial charge is 0.478 e. The zero-order chi connectivity index (χ0) is 17.6. The van der Waals surface area contributed by atoms with Gasteiger partial charge in [-0.15, -0.1) is 0 Å². The number of nitro groups is 1. The van der Waals surface area contributed by atoms with Crippen LogP contribution in [-0.2, 0) is 0 Å². The van der Waals surface area contributed by atoms with Crippen molar-refractivity contribution in [3.8, 4) is 0 Å². The summed E-state index contributed by atoms with van der Waals surface area (Å²) >= 11 is 3.12. The first-order valence-corrected chi connectivity index (χ1v) is 7.30. The Morgan fingerprint density at radius 1 is 1.08 bits per heavy atom. The van der Waals surface area contributed by atoms with Gasteiger partial charge in [-0.25, -0.2) is 9.69 Å². The lowest BCUT2D eigenvalue weighted by Gasteiger charge is -2.15. The van der Waals surface area contributed by atoms with Gasteiger partial charge in [0.1, 0.15) is 0 Å². The van der Waals surface area contributed by atoms with E-state index in [2.05, 4.69) is 15.9 Å². The Morgan fingerprint density at radius 2 is 1.75 bits per heavy atom. The Morgan fingerprint density at radius 3 is 2.33 bits per heavy atom. The maximum atomic E-state index is 12.5. The summed E-state index contributed by atoms with van der Waals surface area (Å²) in [7, 11) is 0. The summed E-state index contributed by atoms with van der Waals surface area (Å²) in [6.45, 7) is 0. The standard InChI is InChI=1S/C15H7BrN2O6/c16-11-6-8(18(23)24)2-4-12(11)17-13(19)9-3-1-7(15(21)22)5-10(9)14(17)20/h1-6H,(H,21,22). The van der Waals surface area contributed by atoms with E-state index in [0.717, 1.165) is 11.0 Å². The van der Waals surface area contributed by atoms with Crippen LogP contribution in [0.4, 0.5) is 11.4 Å². The van der Waals surface area contributed by atoms with E-state index in [9.17, 15) is 24.5 Å². The molecule has 0 unspecified atom stereocenters. The van der Waals surface area contributed by atoms with Gasteiger partial charge in [-0.1, -0.05) is 0 Å². The second-order valence-electron chi connectivity index (χ2n) is 4.90. The van der Waals surface area contributed by atoms with E-state index in [1.165, 1.54) is 30.3 Å². The molecule has 2 amide bonds. The summed E-state index contributed by atoms with van der Waals surface area (Å²) < 4.78 is 0.199. The van der Waals surface area contributed by atoms with Gasteiger partial charge in [0, 0.05) is 16.6 Å². The fourth-order valence-corrected chi connectivity index (χ4v) is 2.93. The highest BCUT2D eigenvalue weighted by molar-refractivity contribution is 9.10. The van der Waals surface area contributed by atoms with Gasteiger partial charge in [-0.3, -0.25) is 19.7 Å². The van der Waals surface area contributed by atoms with Gasteiger partial charge < -0.3 is 5.11 Å². The van der Waals surface area contributed by atoms with Gasteiger partial charge in [-0.2, -0.15) is 0 Å². The number of nitrogens with zero attached hydrogens (tertiary/aromatic N) is 2. The third kappa shape index (κ3) is 2.35. The molecule has 0 atom stereocenters. The van der Waals surface area contributed by atoms with Crippen LogP contribution < -0.4 is 4.90 Å². The van der Waals surface area contributed by atoms with Gasteiger partial charge in [-0.05, 0) is 40.2 Å². The molecule has 2 aromatic carbocycles. The van der Waals surface area contributed by atoms with Crippen LogP contribution in [0, 0.1) is 10.1 Å². The first-order chi connectivity index (χ1) is 11.3. The Kier molecular flexibility index (Phi) is 3.64. The molecule has 120 valence electrons. The molecule has 0 aliphatic carbocycles. The smallest absolute Gasteiger partial charge is 0.335 e. The van der Waals surface area contributed by atoms with Crippen molar-refractivity contribution in [1.82, 2.24) is 0 Å². The van der Waals surface area contributed by atoms with Crippen molar-refractivity contribution >= 4 is 45.1 Å². The third-order valence-electron chi connectivity index (χ3n) is 3.52. The maximum absolute atomic E-state index is 12.5. The van der Waals surface area contributed by atoms with Crippen LogP contribution in [-0.4, -0.2) is 27.8 Å². The number of carboxylic acids is 1. The first-order valence-electron chi connectivity index (χ1n) is 6.51. The van der Waals surface area contributed by atoms with Gasteiger partial charge in [0.25, 0.3) is 17.5 Å². The van der Waals surface area contributed by atoms with Crippen molar-refractivity contribution in [1.29, 1.82) is 0 Å². The minimum absolute atomic E-state index is 0.0230. The number of hydrogen-bond donors (Lipinski definition) is 1. The number of benzene rings is 2. The molecular formula is C15H7BrN2O6. The van der Waals surface area contributed by atoms with Crippen molar-refractivity contribution in [3.63, 3.8) is 0 Å². The van der Waals surface area contributed by atoms with Crippen LogP contribution >= 0.6 is 15.9 Å². The van der Waals surface area contributed by atoms with E-state index in [1.807, 2.05) is 0 Å². The van der Waals surface area contributed by atoms with Crippen LogP contribution in [0.3, 0.4) is 0 Å². The van der Waals surface area contributed by atoms with Crippen LogP contribution in [0.2, 0.25) is 0 Å². The molecule has 8 nitrogen and oxygen atoms in total. The fourth-order valence-electron chi connectivity index (χ4n) is 2.38. The van der Waals surface area contributed by atoms with Crippen LogP contribution in [0.15, 0.2) is 40.9 Å². The molecule has 3 rings (SSSR count). The molecule has 1 aliphatic rings. The predicted molar refractivity (Wildman–Crippen MR) is 85.3 cm³/mol. The number of halogens is 1. The number of nitro benzene ring substituents is 1. The zero-order valence-electron chi connectivity index (χ0n) is 11.7. The van der Waals surface area contributed by atoms with Crippen LogP contribution in [0.5, 0.6) is 0 Å². The third-order valence-corrected chi connectivity index (χ3v) is 4.15. The number of non-ortho nitro benzene ring substituents is 1. The normalized spacial score (nSPS) is 13.1. The molecular weight excluding hydrogens is 384 g/mol. The summed E-state index contributed by atoms with van der Waals surface area (Å²) in [5.41, 5.74) is -0.112. The second kappa shape index (κ2) is 5.53. The fraction of sp³-hybridized carbons (Fsp3) is 0. The summed E-state index contributed by atoms with van der Waals surface area (Å²) in [5.74, 6) is -2.53. The number of carbonyl (C=O) groups is 3. The van der Waals surface area contributed by atoms with Crippen molar-refractivity contribution in [2.24, 2.45) is 0 Å². The Bertz CT molecular complexity index is 940. The van der Waals surface area contributed by atoms with Gasteiger partial charge >= 0.3 is 5.97 Å². The first kappa shape index (κ1) is 15.8. The molecule has 0 radical (unpaired) electrons. The van der Waals surface area contributed by atoms with Gasteiger partial charge in [0.05, 0.1) is 27.3 Å². The number of anilines is 1. The highest BCUT2D eigenvalue weighted by atomic mass is 79.9. The number of rotatable bonds is 3. The van der Waals surface area contributed by atoms with Crippen molar-refractivity contribution in [2.75, 3.05) is 4.90 Å². The highest BCUT2D eigenvalue weighted by Crippen LogP contribution is 2.35. The van der Waals surface area contributed by atoms with E-state index in [1.54, 1.807) is 0 Å². The van der Waals surface area contributed by atoms with E-state index < -0.39 is 22.7 Å². The predicted octanol–water partition coefficient (Wildman–Crippen LogP) is 2.86. The SMILES string of the molecule is O=C(O)c1ccc2c(c1)C(=O)N(c1ccc([N+](=O)[O-])cc1Br)C2=O. The van der Waals surface area contributed by atoms with Crippen molar-refractivity contribution in [2.45, 2.75) is 0 Å². The molecule has 1 N–H and O–H groups in total. The van der Waals surface area contributed by atoms with Gasteiger partial charge in [0.2, 0.25) is 0 Å². The molecule has 2 aromatic rings. The van der Waals surface area contributed by atoms with Crippen LogP contribution in [0.25, 0.3) is 0 Å². The Balaban J connectivity index is 2.08. The molecule has 0 saturated carbocycles. The molecule has 0 bridgehead atoms. The average Bonchev–Trinajstić information content (AvgIpc) is 2.78. The lowest BCUT2D eigenvalue weighted by molar-refractivity contribution is -0.384. The Labute approximate surface area is 142 Å². The zero-order valence-corrected chi connectivity index (χ0v) is 13.3. The van der Waals surface area contributed by atoms with E-state index in [0.29, 0.717) is 0 Å². The number of amides is 2. The van der Waals surface area contributed by atoms with Crippen LogP contribution in [0.1, 0.15) is 31.1 Å². The molecule has 9 heteroatoms. The average molecular weight is 391 g/mol. The number of aromatic carboxylic acids is 1. The summed E-state index contributed by atoms with van der Waals surface area (Å²) in [6, 6.07) is 7.28. The van der Waals surface area contributed by atoms with E-state index >= 15 is 0 Å². The van der Waals surface area contributed by atoms with E-state index in [4.69, 9.17) is 5.11 Å². The van der Waals surface area contributed by atoms with Gasteiger partial charge in [0.15, 0.2) is 0 Å². The number of carboxylic acid groups (broad SMARTS) is 1. The van der Waals surface area contributed by atoms with E-state index in [-0.39, 0.29) is 32.5 Å². The highest BCUT2D eigenvalue weighted by Gasteiger charge is 2.38. The van der Waals surface area contributed by atoms with Crippen molar-refractivity contribution in [3.05, 3.63) is 67.7 Å². The molecule has 0 spiro atoms. The lowest BCUT2D eigenvalue weighted by atomic mass is 10.1. The molecule has 1 heterocycles. The molecule has 1 aliphatic heterocycles. The summed E-state index contributed by atoms with van der Waals surface area (Å²) in [4.78, 5) is 47.0. The summed E-state index contributed by atoms with van der Waals surface area (Å²) in [6.07, 6.45) is 0. The Hall–Kier alpha value is -3.07. The molecule has 0 aromatic heterocycles. The second-order valence-corrected chi connectivity index (χ2v) is 5.76. The number of hydrogen-bond acceptors (Lipinski definition) is 5. The van der Waals surface area contributed by atoms with Crippen molar-refractivity contribution < 1.29 is 24.4 Å². The minimum atomic E-state index is -1.21. The maximum Gasteiger partial charge on any atom is 0.335 e. The topological polar surface area (TPSA) is 118 Å². The number of imide groups is 1.